The summed E-state index contributed by atoms with van der Waals surface area (Å²) in [6, 6.07) is 0. The van der Waals surface area contributed by atoms with E-state index in [1.807, 2.05) is 0 Å². The van der Waals surface area contributed by atoms with Crippen LogP contribution in [0.25, 0.3) is 0 Å². The molecule has 2 aliphatic heterocycles. The van der Waals surface area contributed by atoms with E-state index in [9.17, 15) is 29.4 Å². The van der Waals surface area contributed by atoms with Crippen LogP contribution in [-0.2, 0) is 19.2 Å². The van der Waals surface area contributed by atoms with Crippen molar-refractivity contribution >= 4 is 23.6 Å². The van der Waals surface area contributed by atoms with Crippen molar-refractivity contribution in [3.63, 3.8) is 0 Å². The van der Waals surface area contributed by atoms with E-state index in [0.29, 0.717) is 0 Å². The van der Waals surface area contributed by atoms with Crippen molar-refractivity contribution in [3.05, 3.63) is 24.3 Å². The summed E-state index contributed by atoms with van der Waals surface area (Å²) in [6.07, 6.45) is 1.31. The zero-order valence-corrected chi connectivity index (χ0v) is 10.3. The minimum absolute atomic E-state index is 0.407. The molecular weight excluding hydrogens is 268 g/mol. The lowest BCUT2D eigenvalue weighted by molar-refractivity contribution is -0.144. The van der Waals surface area contributed by atoms with E-state index >= 15 is 0 Å². The lowest BCUT2D eigenvalue weighted by Gasteiger charge is -2.25. The van der Waals surface area contributed by atoms with Crippen molar-refractivity contribution in [2.75, 3.05) is 13.1 Å². The molecule has 1 unspecified atom stereocenters. The number of aliphatic hydroxyl groups is 2. The Labute approximate surface area is 113 Å². The van der Waals surface area contributed by atoms with Gasteiger partial charge in [0, 0.05) is 24.3 Å². The van der Waals surface area contributed by atoms with Gasteiger partial charge in [-0.25, -0.2) is 0 Å². The molecule has 106 valence electrons. The highest BCUT2D eigenvalue weighted by Gasteiger charge is 2.32. The van der Waals surface area contributed by atoms with Gasteiger partial charge < -0.3 is 10.2 Å². The first-order valence-corrected chi connectivity index (χ1v) is 5.83. The maximum absolute atomic E-state index is 11.3. The van der Waals surface area contributed by atoms with Crippen LogP contribution in [0.3, 0.4) is 0 Å². The van der Waals surface area contributed by atoms with Crippen molar-refractivity contribution in [1.29, 1.82) is 0 Å². The van der Waals surface area contributed by atoms with Crippen LogP contribution in [0.5, 0.6) is 0 Å². The Morgan fingerprint density at radius 2 is 0.950 bits per heavy atom. The van der Waals surface area contributed by atoms with Gasteiger partial charge in [0.1, 0.15) is 0 Å². The number of hydrogen-bond acceptors (Lipinski definition) is 6. The summed E-state index contributed by atoms with van der Waals surface area (Å²) in [7, 11) is 0. The van der Waals surface area contributed by atoms with Crippen LogP contribution >= 0.6 is 0 Å². The lowest BCUT2D eigenvalue weighted by Crippen LogP contribution is -2.47. The minimum atomic E-state index is -1.45. The molecule has 4 amide bonds. The standard InChI is InChI=1S/C12H12N2O6/c15-7(5-13-9(17)1-2-10(13)18)8(16)6-14-11(19)3-4-12(14)20/h1-4,7-8,15-16H,5-6H2/t7-,8?/m0/s1. The number of rotatable bonds is 5. The van der Waals surface area contributed by atoms with Crippen LogP contribution < -0.4 is 0 Å². The summed E-state index contributed by atoms with van der Waals surface area (Å²) in [5.74, 6) is -2.35. The molecule has 8 nitrogen and oxygen atoms in total. The first kappa shape index (κ1) is 14.1. The molecule has 0 radical (unpaired) electrons. The number of carbonyl (C=O) groups is 4. The van der Waals surface area contributed by atoms with Gasteiger partial charge in [-0.3, -0.25) is 29.0 Å². The number of hydrogen-bond donors (Lipinski definition) is 2. The first-order valence-electron chi connectivity index (χ1n) is 5.83. The summed E-state index contributed by atoms with van der Waals surface area (Å²) in [5, 5.41) is 19.5. The molecule has 2 rings (SSSR count). The average Bonchev–Trinajstić information content (AvgIpc) is 2.88. The minimum Gasteiger partial charge on any atom is -0.388 e. The van der Waals surface area contributed by atoms with E-state index in [1.165, 1.54) is 0 Å². The van der Waals surface area contributed by atoms with Gasteiger partial charge in [0.2, 0.25) is 0 Å². The van der Waals surface area contributed by atoms with Crippen molar-refractivity contribution < 1.29 is 29.4 Å². The normalized spacial score (nSPS) is 21.3. The fourth-order valence-corrected chi connectivity index (χ4v) is 1.84. The SMILES string of the molecule is O=C1C=CC(=O)N1CC(O)[C@@H](O)CN1C(=O)C=CC1=O. The summed E-state index contributed by atoms with van der Waals surface area (Å²) < 4.78 is 0. The van der Waals surface area contributed by atoms with Crippen LogP contribution in [0.1, 0.15) is 0 Å². The van der Waals surface area contributed by atoms with Crippen molar-refractivity contribution in [1.82, 2.24) is 9.80 Å². The quantitative estimate of drug-likeness (QED) is 0.540. The molecule has 0 aromatic heterocycles. The number of nitrogens with zero attached hydrogens (tertiary/aromatic N) is 2. The van der Waals surface area contributed by atoms with Gasteiger partial charge in [0.15, 0.2) is 0 Å². The molecule has 20 heavy (non-hydrogen) atoms. The van der Waals surface area contributed by atoms with E-state index in [1.54, 1.807) is 0 Å². The number of β-amino-alcohol motifs (C(OH)–C–C–N with tert-alkyl or cyclic N) is 2. The molecule has 2 atom stereocenters. The molecule has 0 aliphatic carbocycles. The molecule has 0 bridgehead atoms. The van der Waals surface area contributed by atoms with Gasteiger partial charge in [-0.2, -0.15) is 0 Å². The predicted octanol–water partition coefficient (Wildman–Crippen LogP) is -2.44. The zero-order valence-electron chi connectivity index (χ0n) is 10.3. The Morgan fingerprint density at radius 3 is 1.20 bits per heavy atom. The van der Waals surface area contributed by atoms with Crippen molar-refractivity contribution in [3.8, 4) is 0 Å². The molecule has 0 fully saturated rings. The molecule has 0 saturated heterocycles. The van der Waals surface area contributed by atoms with Gasteiger partial charge in [0.25, 0.3) is 23.6 Å². The predicted molar refractivity (Wildman–Crippen MR) is 63.7 cm³/mol. The molecule has 8 heteroatoms. The number of amides is 4. The second-order valence-electron chi connectivity index (χ2n) is 4.38. The van der Waals surface area contributed by atoms with Crippen molar-refractivity contribution in [2.24, 2.45) is 0 Å². The second-order valence-corrected chi connectivity index (χ2v) is 4.38. The molecule has 2 aliphatic rings. The smallest absolute Gasteiger partial charge is 0.253 e. The highest BCUT2D eigenvalue weighted by atomic mass is 16.3. The Hall–Kier alpha value is -2.32. The van der Waals surface area contributed by atoms with Gasteiger partial charge in [-0.15, -0.1) is 0 Å². The number of aliphatic hydroxyl groups excluding tert-OH is 2. The maximum Gasteiger partial charge on any atom is 0.253 e. The summed E-state index contributed by atoms with van der Waals surface area (Å²) in [6.45, 7) is -0.815. The monoisotopic (exact) mass is 280 g/mol. The lowest BCUT2D eigenvalue weighted by atomic mass is 10.2. The molecule has 0 saturated carbocycles. The van der Waals surface area contributed by atoms with E-state index in [4.69, 9.17) is 0 Å². The van der Waals surface area contributed by atoms with E-state index in [2.05, 4.69) is 0 Å². The average molecular weight is 280 g/mol. The number of imide groups is 2. The fourth-order valence-electron chi connectivity index (χ4n) is 1.84. The zero-order chi connectivity index (χ0) is 14.9. The summed E-state index contributed by atoms with van der Waals surface area (Å²) in [5.41, 5.74) is 0. The third kappa shape index (κ3) is 2.65. The first-order chi connectivity index (χ1) is 9.40. The third-order valence-corrected chi connectivity index (χ3v) is 2.98. The van der Waals surface area contributed by atoms with Crippen LogP contribution in [0, 0.1) is 0 Å². The molecule has 0 aromatic rings. The molecular formula is C12H12N2O6. The van der Waals surface area contributed by atoms with Gasteiger partial charge in [-0.05, 0) is 0 Å². The largest absolute Gasteiger partial charge is 0.388 e. The third-order valence-electron chi connectivity index (χ3n) is 2.98. The van der Waals surface area contributed by atoms with E-state index in [0.717, 1.165) is 34.1 Å². The van der Waals surface area contributed by atoms with Gasteiger partial charge >= 0.3 is 0 Å². The topological polar surface area (TPSA) is 115 Å². The summed E-state index contributed by atoms with van der Waals surface area (Å²) in [4.78, 5) is 46.7. The molecule has 2 N–H and O–H groups in total. The van der Waals surface area contributed by atoms with Gasteiger partial charge in [0.05, 0.1) is 25.3 Å². The Bertz CT molecular complexity index is 454. The summed E-state index contributed by atoms with van der Waals surface area (Å²) >= 11 is 0. The van der Waals surface area contributed by atoms with Crippen LogP contribution in [0.2, 0.25) is 0 Å². The second kappa shape index (κ2) is 5.35. The maximum atomic E-state index is 11.3. The van der Waals surface area contributed by atoms with E-state index in [-0.39, 0.29) is 0 Å². The molecule has 0 aromatic carbocycles. The van der Waals surface area contributed by atoms with Crippen LogP contribution in [-0.4, -0.2) is 68.9 Å². The van der Waals surface area contributed by atoms with Crippen molar-refractivity contribution in [2.45, 2.75) is 12.2 Å². The van der Waals surface area contributed by atoms with Gasteiger partial charge in [-0.1, -0.05) is 0 Å². The fraction of sp³-hybridized carbons (Fsp3) is 0.333. The highest BCUT2D eigenvalue weighted by Crippen LogP contribution is 2.10. The Balaban J connectivity index is 1.91. The molecule has 0 spiro atoms. The number of carbonyl (C=O) groups excluding carboxylic acids is 4. The Morgan fingerprint density at radius 1 is 0.700 bits per heavy atom. The van der Waals surface area contributed by atoms with Crippen LogP contribution in [0.4, 0.5) is 0 Å². The van der Waals surface area contributed by atoms with E-state index < -0.39 is 48.9 Å². The van der Waals surface area contributed by atoms with Crippen LogP contribution in [0.15, 0.2) is 24.3 Å². The highest BCUT2D eigenvalue weighted by molar-refractivity contribution is 6.13. The molecule has 2 heterocycles. The Kier molecular flexibility index (Phi) is 3.77.